The van der Waals surface area contributed by atoms with Crippen molar-refractivity contribution in [3.8, 4) is 22.8 Å². The lowest BCUT2D eigenvalue weighted by molar-refractivity contribution is 0.0361. The third-order valence-electron chi connectivity index (χ3n) is 5.65. The van der Waals surface area contributed by atoms with E-state index in [2.05, 4.69) is 29.9 Å². The number of ether oxygens (including phenoxy) is 1. The molecule has 0 atom stereocenters. The van der Waals surface area contributed by atoms with Crippen LogP contribution in [0.3, 0.4) is 0 Å². The van der Waals surface area contributed by atoms with Gasteiger partial charge in [-0.1, -0.05) is 29.5 Å². The van der Waals surface area contributed by atoms with Gasteiger partial charge in [-0.25, -0.2) is 4.39 Å². The summed E-state index contributed by atoms with van der Waals surface area (Å²) in [6.45, 7) is 6.89. The smallest absolute Gasteiger partial charge is 0.247 e. The van der Waals surface area contributed by atoms with Crippen molar-refractivity contribution in [3.05, 3.63) is 65.8 Å². The van der Waals surface area contributed by atoms with Gasteiger partial charge in [0.2, 0.25) is 11.8 Å². The molecule has 0 bridgehead atoms. The van der Waals surface area contributed by atoms with E-state index < -0.39 is 0 Å². The lowest BCUT2D eigenvalue weighted by atomic mass is 10.1. The Bertz CT molecular complexity index is 1220. The van der Waals surface area contributed by atoms with Crippen molar-refractivity contribution < 1.29 is 13.5 Å². The van der Waals surface area contributed by atoms with Crippen LogP contribution in [0.25, 0.3) is 22.8 Å². The van der Waals surface area contributed by atoms with Gasteiger partial charge in [0.25, 0.3) is 0 Å². The fraction of sp³-hybridized carbons (Fsp3) is 0.333. The number of benzene rings is 2. The van der Waals surface area contributed by atoms with E-state index >= 15 is 0 Å². The normalized spacial score (nSPS) is 14.5. The van der Waals surface area contributed by atoms with Crippen LogP contribution in [0, 0.1) is 12.7 Å². The number of halogens is 1. The zero-order valence-electron chi connectivity index (χ0n) is 18.9. The second-order valence-corrected chi connectivity index (χ2v) is 9.02. The van der Waals surface area contributed by atoms with Gasteiger partial charge < -0.3 is 13.7 Å². The lowest BCUT2D eigenvalue weighted by Crippen LogP contribution is -2.38. The minimum absolute atomic E-state index is 0.279. The maximum atomic E-state index is 13.5. The number of hydrogen-bond acceptors (Lipinski definition) is 8. The van der Waals surface area contributed by atoms with E-state index in [4.69, 9.17) is 9.15 Å². The summed E-state index contributed by atoms with van der Waals surface area (Å²) in [6.07, 6.45) is 0. The zero-order valence-corrected chi connectivity index (χ0v) is 19.7. The summed E-state index contributed by atoms with van der Waals surface area (Å²) in [6, 6.07) is 14.3. The molecule has 0 radical (unpaired) electrons. The van der Waals surface area contributed by atoms with Gasteiger partial charge >= 0.3 is 0 Å². The van der Waals surface area contributed by atoms with Crippen molar-refractivity contribution in [1.82, 2.24) is 29.9 Å². The van der Waals surface area contributed by atoms with Crippen molar-refractivity contribution in [1.29, 1.82) is 0 Å². The minimum atomic E-state index is -0.279. The molecule has 1 aliphatic rings. The Morgan fingerprint density at radius 1 is 0.882 bits per heavy atom. The van der Waals surface area contributed by atoms with Crippen molar-refractivity contribution in [2.75, 3.05) is 32.8 Å². The molecule has 0 aliphatic carbocycles. The molecule has 8 nitrogen and oxygen atoms in total. The number of morpholine rings is 1. The molecule has 1 fully saturated rings. The van der Waals surface area contributed by atoms with Crippen LogP contribution in [0.15, 0.2) is 58.1 Å². The van der Waals surface area contributed by atoms with Crippen molar-refractivity contribution in [3.63, 3.8) is 0 Å². The molecule has 0 saturated carbocycles. The van der Waals surface area contributed by atoms with Crippen LogP contribution in [0.5, 0.6) is 0 Å². The molecule has 0 spiro atoms. The molecule has 0 N–H and O–H groups in total. The number of hydrogen-bond donors (Lipinski definition) is 0. The SMILES string of the molecule is Cc1ccc(-c2nnc(CSc3nnc(-c4ccc(F)cc4)n3CCN3CCOCC3)o2)cc1. The molecule has 0 unspecified atom stereocenters. The molecule has 1 aliphatic heterocycles. The van der Waals surface area contributed by atoms with Gasteiger partial charge in [0, 0.05) is 37.3 Å². The number of aromatic nitrogens is 5. The van der Waals surface area contributed by atoms with E-state index in [0.717, 1.165) is 49.1 Å². The summed E-state index contributed by atoms with van der Waals surface area (Å²) >= 11 is 1.49. The third-order valence-corrected chi connectivity index (χ3v) is 6.60. The number of thioether (sulfide) groups is 1. The molecule has 34 heavy (non-hydrogen) atoms. The van der Waals surface area contributed by atoms with E-state index in [-0.39, 0.29) is 5.82 Å². The topological polar surface area (TPSA) is 82.1 Å². The monoisotopic (exact) mass is 480 g/mol. The quantitative estimate of drug-likeness (QED) is 0.349. The number of aryl methyl sites for hydroxylation is 1. The maximum Gasteiger partial charge on any atom is 0.247 e. The highest BCUT2D eigenvalue weighted by atomic mass is 32.2. The van der Waals surface area contributed by atoms with Crippen LogP contribution in [-0.4, -0.2) is 62.7 Å². The molecular formula is C24H25FN6O2S. The molecular weight excluding hydrogens is 455 g/mol. The van der Waals surface area contributed by atoms with E-state index in [0.29, 0.717) is 29.9 Å². The van der Waals surface area contributed by atoms with Crippen LogP contribution in [0.1, 0.15) is 11.5 Å². The predicted octanol–water partition coefficient (Wildman–Crippen LogP) is 4.07. The van der Waals surface area contributed by atoms with Crippen molar-refractivity contribution >= 4 is 11.8 Å². The highest BCUT2D eigenvalue weighted by molar-refractivity contribution is 7.98. The van der Waals surface area contributed by atoms with Crippen LogP contribution < -0.4 is 0 Å². The Labute approximate surface area is 201 Å². The van der Waals surface area contributed by atoms with Gasteiger partial charge in [-0.3, -0.25) is 4.90 Å². The summed E-state index contributed by atoms with van der Waals surface area (Å²) < 4.78 is 26.9. The number of nitrogens with zero attached hydrogens (tertiary/aromatic N) is 6. The summed E-state index contributed by atoms with van der Waals surface area (Å²) in [4.78, 5) is 2.36. The number of rotatable bonds is 8. The summed E-state index contributed by atoms with van der Waals surface area (Å²) in [5, 5.41) is 18.0. The Kier molecular flexibility index (Phi) is 6.98. The van der Waals surface area contributed by atoms with Gasteiger partial charge in [0.15, 0.2) is 11.0 Å². The summed E-state index contributed by atoms with van der Waals surface area (Å²) in [5.74, 6) is 1.92. The Morgan fingerprint density at radius 2 is 1.62 bits per heavy atom. The van der Waals surface area contributed by atoms with E-state index in [1.54, 1.807) is 12.1 Å². The molecule has 1 saturated heterocycles. The first-order valence-corrected chi connectivity index (χ1v) is 12.2. The average molecular weight is 481 g/mol. The van der Waals surface area contributed by atoms with Gasteiger partial charge in [-0.15, -0.1) is 20.4 Å². The summed E-state index contributed by atoms with van der Waals surface area (Å²) in [7, 11) is 0. The Balaban J connectivity index is 1.33. The Hall–Kier alpha value is -3.08. The third kappa shape index (κ3) is 5.35. The van der Waals surface area contributed by atoms with E-state index in [9.17, 15) is 4.39 Å². The van der Waals surface area contributed by atoms with Gasteiger partial charge in [0.1, 0.15) is 5.82 Å². The van der Waals surface area contributed by atoms with Crippen molar-refractivity contribution in [2.24, 2.45) is 0 Å². The first-order valence-electron chi connectivity index (χ1n) is 11.2. The molecule has 2 aromatic carbocycles. The van der Waals surface area contributed by atoms with E-state index in [1.807, 2.05) is 31.2 Å². The molecule has 176 valence electrons. The molecule has 5 rings (SSSR count). The second-order valence-electron chi connectivity index (χ2n) is 8.07. The molecule has 3 heterocycles. The minimum Gasteiger partial charge on any atom is -0.420 e. The van der Waals surface area contributed by atoms with Crippen LogP contribution in [0.4, 0.5) is 4.39 Å². The predicted molar refractivity (Wildman–Crippen MR) is 127 cm³/mol. The molecule has 10 heteroatoms. The fourth-order valence-corrected chi connectivity index (χ4v) is 4.53. The largest absolute Gasteiger partial charge is 0.420 e. The highest BCUT2D eigenvalue weighted by Gasteiger charge is 2.18. The van der Waals surface area contributed by atoms with Crippen molar-refractivity contribution in [2.45, 2.75) is 24.4 Å². The van der Waals surface area contributed by atoms with Gasteiger partial charge in [-0.05, 0) is 43.3 Å². The van der Waals surface area contributed by atoms with E-state index in [1.165, 1.54) is 29.5 Å². The zero-order chi connectivity index (χ0) is 23.3. The first kappa shape index (κ1) is 22.7. The first-order chi connectivity index (χ1) is 16.7. The highest BCUT2D eigenvalue weighted by Crippen LogP contribution is 2.27. The average Bonchev–Trinajstić information content (AvgIpc) is 3.50. The summed E-state index contributed by atoms with van der Waals surface area (Å²) in [5.41, 5.74) is 2.89. The lowest BCUT2D eigenvalue weighted by Gasteiger charge is -2.27. The standard InChI is InChI=1S/C24H25FN6O2S/c1-17-2-4-19(5-3-17)23-28-26-21(33-23)16-34-24-29-27-22(18-6-8-20(25)9-7-18)31(24)11-10-30-12-14-32-15-13-30/h2-9H,10-16H2,1H3. The van der Waals surface area contributed by atoms with Gasteiger partial charge in [-0.2, -0.15) is 0 Å². The van der Waals surface area contributed by atoms with Gasteiger partial charge in [0.05, 0.1) is 19.0 Å². The molecule has 4 aromatic rings. The maximum absolute atomic E-state index is 13.5. The van der Waals surface area contributed by atoms with Crippen LogP contribution >= 0.6 is 11.8 Å². The van der Waals surface area contributed by atoms with Crippen LogP contribution in [-0.2, 0) is 17.0 Å². The van der Waals surface area contributed by atoms with Crippen LogP contribution in [0.2, 0.25) is 0 Å². The second kappa shape index (κ2) is 10.5. The Morgan fingerprint density at radius 3 is 2.38 bits per heavy atom. The molecule has 2 aromatic heterocycles. The molecule has 0 amide bonds. The fourth-order valence-electron chi connectivity index (χ4n) is 3.73.